The number of hydrogen-bond acceptors (Lipinski definition) is 2. The second-order valence-electron chi connectivity index (χ2n) is 4.25. The minimum atomic E-state index is -0.259. The van der Waals surface area contributed by atoms with Gasteiger partial charge in [0, 0.05) is 17.1 Å². The minimum Gasteiger partial charge on any atom is -0.466 e. The van der Waals surface area contributed by atoms with Crippen LogP contribution in [0.3, 0.4) is 0 Å². The molecule has 0 radical (unpaired) electrons. The highest BCUT2D eigenvalue weighted by Crippen LogP contribution is 2.21. The van der Waals surface area contributed by atoms with Crippen molar-refractivity contribution >= 4 is 29.1 Å². The fourth-order valence-electron chi connectivity index (χ4n) is 1.80. The van der Waals surface area contributed by atoms with Crippen molar-refractivity contribution in [1.82, 2.24) is 5.32 Å². The topological polar surface area (TPSA) is 42.2 Å². The number of halogens is 2. The summed E-state index contributed by atoms with van der Waals surface area (Å²) < 4.78 is 5.40. The summed E-state index contributed by atoms with van der Waals surface area (Å²) in [5.41, 5.74) is 1.32. The summed E-state index contributed by atoms with van der Waals surface area (Å²) in [7, 11) is 0. The van der Waals surface area contributed by atoms with Gasteiger partial charge in [-0.15, -0.1) is 0 Å². The third-order valence-electron chi connectivity index (χ3n) is 2.76. The molecule has 0 fully saturated rings. The normalized spacial score (nSPS) is 10.5. The Morgan fingerprint density at radius 2 is 2.00 bits per heavy atom. The van der Waals surface area contributed by atoms with Crippen molar-refractivity contribution in [1.29, 1.82) is 0 Å². The van der Waals surface area contributed by atoms with Crippen molar-refractivity contribution in [3.8, 4) is 0 Å². The van der Waals surface area contributed by atoms with Crippen molar-refractivity contribution < 1.29 is 9.21 Å². The first-order valence-electron chi connectivity index (χ1n) is 5.76. The molecule has 0 aliphatic rings. The third kappa shape index (κ3) is 3.31. The molecule has 1 N–H and O–H groups in total. The van der Waals surface area contributed by atoms with E-state index in [9.17, 15) is 4.79 Å². The van der Waals surface area contributed by atoms with Crippen LogP contribution in [0.15, 0.2) is 28.7 Å². The lowest BCUT2D eigenvalue weighted by molar-refractivity contribution is 0.0951. The van der Waals surface area contributed by atoms with Crippen molar-refractivity contribution in [2.75, 3.05) is 0 Å². The lowest BCUT2D eigenvalue weighted by Gasteiger charge is -2.06. The first-order valence-corrected chi connectivity index (χ1v) is 6.52. The molecule has 3 nitrogen and oxygen atoms in total. The Morgan fingerprint density at radius 3 is 2.63 bits per heavy atom. The summed E-state index contributed by atoms with van der Waals surface area (Å²) in [6.45, 7) is 4.12. The first-order chi connectivity index (χ1) is 8.97. The summed E-state index contributed by atoms with van der Waals surface area (Å²) in [6.07, 6.45) is 0. The molecule has 0 unspecified atom stereocenters. The Hall–Kier alpha value is -1.45. The van der Waals surface area contributed by atoms with Gasteiger partial charge in [0.25, 0.3) is 5.91 Å². The monoisotopic (exact) mass is 297 g/mol. The molecule has 0 aliphatic carbocycles. The van der Waals surface area contributed by atoms with Crippen LogP contribution in [0.1, 0.15) is 27.4 Å². The van der Waals surface area contributed by atoms with Gasteiger partial charge in [-0.25, -0.2) is 0 Å². The Balaban J connectivity index is 2.09. The summed E-state index contributed by atoms with van der Waals surface area (Å²) >= 11 is 11.8. The lowest BCUT2D eigenvalue weighted by Crippen LogP contribution is -2.23. The van der Waals surface area contributed by atoms with Crippen molar-refractivity contribution in [3.63, 3.8) is 0 Å². The maximum Gasteiger partial charge on any atom is 0.253 e. The van der Waals surface area contributed by atoms with E-state index in [0.717, 1.165) is 17.1 Å². The molecule has 0 saturated carbocycles. The molecule has 100 valence electrons. The molecule has 5 heteroatoms. The summed E-state index contributed by atoms with van der Waals surface area (Å²) in [6, 6.07) is 6.69. The molecular formula is C14H13Cl2NO2. The van der Waals surface area contributed by atoms with Gasteiger partial charge in [-0.05, 0) is 38.1 Å². The second kappa shape index (κ2) is 5.68. The standard InChI is InChI=1S/C14H13Cl2NO2/c1-8-5-10(9(2)19-8)7-17-14(18)12-6-11(15)3-4-13(12)16/h3-6H,7H2,1-2H3,(H,17,18). The molecule has 0 spiro atoms. The van der Waals surface area contributed by atoms with Gasteiger partial charge in [-0.2, -0.15) is 0 Å². The lowest BCUT2D eigenvalue weighted by atomic mass is 10.2. The average molecular weight is 298 g/mol. The quantitative estimate of drug-likeness (QED) is 0.925. The van der Waals surface area contributed by atoms with Crippen LogP contribution in [0.5, 0.6) is 0 Å². The molecule has 0 saturated heterocycles. The fraction of sp³-hybridized carbons (Fsp3) is 0.214. The van der Waals surface area contributed by atoms with E-state index in [0.29, 0.717) is 22.2 Å². The number of hydrogen-bond donors (Lipinski definition) is 1. The number of carbonyl (C=O) groups is 1. The van der Waals surface area contributed by atoms with E-state index < -0.39 is 0 Å². The number of nitrogens with one attached hydrogen (secondary N) is 1. The van der Waals surface area contributed by atoms with Gasteiger partial charge >= 0.3 is 0 Å². The first kappa shape index (κ1) is 14.0. The molecule has 0 bridgehead atoms. The maximum atomic E-state index is 12.0. The number of benzene rings is 1. The van der Waals surface area contributed by atoms with E-state index in [4.69, 9.17) is 27.6 Å². The van der Waals surface area contributed by atoms with Gasteiger partial charge in [0.05, 0.1) is 10.6 Å². The predicted molar refractivity (Wildman–Crippen MR) is 75.8 cm³/mol. The van der Waals surface area contributed by atoms with Crippen LogP contribution >= 0.6 is 23.2 Å². The molecule has 1 heterocycles. The zero-order valence-corrected chi connectivity index (χ0v) is 12.1. The van der Waals surface area contributed by atoms with Gasteiger partial charge < -0.3 is 9.73 Å². The van der Waals surface area contributed by atoms with Crippen molar-refractivity contribution in [2.24, 2.45) is 0 Å². The Bertz CT molecular complexity index is 620. The van der Waals surface area contributed by atoms with Crippen LogP contribution in [0.2, 0.25) is 10.0 Å². The van der Waals surface area contributed by atoms with E-state index in [1.807, 2.05) is 19.9 Å². The Labute approximate surface area is 121 Å². The zero-order valence-electron chi connectivity index (χ0n) is 10.6. The highest BCUT2D eigenvalue weighted by molar-refractivity contribution is 6.35. The number of furan rings is 1. The number of amides is 1. The molecule has 1 aromatic carbocycles. The highest BCUT2D eigenvalue weighted by atomic mass is 35.5. The van der Waals surface area contributed by atoms with Crippen molar-refractivity contribution in [3.05, 3.63) is 57.0 Å². The minimum absolute atomic E-state index is 0.259. The van der Waals surface area contributed by atoms with Crippen LogP contribution in [-0.4, -0.2) is 5.91 Å². The average Bonchev–Trinajstić information content (AvgIpc) is 2.68. The largest absolute Gasteiger partial charge is 0.466 e. The highest BCUT2D eigenvalue weighted by Gasteiger charge is 2.12. The number of aryl methyl sites for hydroxylation is 2. The van der Waals surface area contributed by atoms with Crippen molar-refractivity contribution in [2.45, 2.75) is 20.4 Å². The molecular weight excluding hydrogens is 285 g/mol. The zero-order chi connectivity index (χ0) is 14.0. The second-order valence-corrected chi connectivity index (χ2v) is 5.09. The summed E-state index contributed by atoms with van der Waals surface area (Å²) in [4.78, 5) is 12.0. The van der Waals surface area contributed by atoms with Gasteiger partial charge in [-0.1, -0.05) is 23.2 Å². The number of rotatable bonds is 3. The van der Waals surface area contributed by atoms with Gasteiger partial charge in [0.2, 0.25) is 0 Å². The predicted octanol–water partition coefficient (Wildman–Crippen LogP) is 4.13. The van der Waals surface area contributed by atoms with Crippen LogP contribution in [0.4, 0.5) is 0 Å². The maximum absolute atomic E-state index is 12.0. The Kier molecular flexibility index (Phi) is 4.17. The van der Waals surface area contributed by atoms with E-state index in [1.165, 1.54) is 0 Å². The van der Waals surface area contributed by atoms with Crippen LogP contribution in [-0.2, 0) is 6.54 Å². The smallest absolute Gasteiger partial charge is 0.253 e. The Morgan fingerprint density at radius 1 is 1.26 bits per heavy atom. The van der Waals surface area contributed by atoms with Crippen LogP contribution in [0.25, 0.3) is 0 Å². The number of carbonyl (C=O) groups excluding carboxylic acids is 1. The summed E-state index contributed by atoms with van der Waals surface area (Å²) in [5.74, 6) is 1.36. The SMILES string of the molecule is Cc1cc(CNC(=O)c2cc(Cl)ccc2Cl)c(C)o1. The van der Waals surface area contributed by atoms with Gasteiger partial charge in [-0.3, -0.25) is 4.79 Å². The van der Waals surface area contributed by atoms with E-state index in [1.54, 1.807) is 18.2 Å². The third-order valence-corrected chi connectivity index (χ3v) is 3.32. The molecule has 19 heavy (non-hydrogen) atoms. The van der Waals surface area contributed by atoms with Crippen LogP contribution in [0, 0.1) is 13.8 Å². The molecule has 0 atom stereocenters. The van der Waals surface area contributed by atoms with E-state index in [2.05, 4.69) is 5.32 Å². The summed E-state index contributed by atoms with van der Waals surface area (Å²) in [5, 5.41) is 3.65. The van der Waals surface area contributed by atoms with E-state index in [-0.39, 0.29) is 5.91 Å². The molecule has 1 aromatic heterocycles. The molecule has 2 rings (SSSR count). The van der Waals surface area contributed by atoms with Gasteiger partial charge in [0.1, 0.15) is 11.5 Å². The molecule has 0 aliphatic heterocycles. The fourth-order valence-corrected chi connectivity index (χ4v) is 2.18. The molecule has 2 aromatic rings. The molecule has 1 amide bonds. The van der Waals surface area contributed by atoms with Crippen LogP contribution < -0.4 is 5.32 Å². The van der Waals surface area contributed by atoms with Gasteiger partial charge in [0.15, 0.2) is 0 Å². The van der Waals surface area contributed by atoms with E-state index >= 15 is 0 Å².